The quantitative estimate of drug-likeness (QED) is 0.783. The van der Waals surface area contributed by atoms with E-state index >= 15 is 0 Å². The second kappa shape index (κ2) is 6.89. The molecule has 0 radical (unpaired) electrons. The molecule has 3 N–H and O–H groups in total. The van der Waals surface area contributed by atoms with Gasteiger partial charge in [-0.2, -0.15) is 5.10 Å². The van der Waals surface area contributed by atoms with Crippen LogP contribution in [0, 0.1) is 25.5 Å². The summed E-state index contributed by atoms with van der Waals surface area (Å²) in [5.74, 6) is -1.38. The molecule has 1 aromatic carbocycles. The summed E-state index contributed by atoms with van der Waals surface area (Å²) in [4.78, 5) is 12.3. The van der Waals surface area contributed by atoms with E-state index in [-0.39, 0.29) is 17.9 Å². The first-order valence-electron chi connectivity index (χ1n) is 8.10. The average Bonchev–Trinajstić information content (AvgIpc) is 3.07. The van der Waals surface area contributed by atoms with Crippen LogP contribution in [-0.4, -0.2) is 21.9 Å². The number of rotatable bonds is 4. The molecule has 1 saturated heterocycles. The van der Waals surface area contributed by atoms with Crippen LogP contribution in [0.25, 0.3) is 0 Å². The van der Waals surface area contributed by atoms with Crippen LogP contribution >= 0.6 is 0 Å². The predicted octanol–water partition coefficient (Wildman–Crippen LogP) is 1.54. The zero-order valence-corrected chi connectivity index (χ0v) is 14.4. The molecule has 1 aliphatic heterocycles. The second-order valence-corrected chi connectivity index (χ2v) is 6.28. The van der Waals surface area contributed by atoms with Crippen LogP contribution in [0.3, 0.4) is 0 Å². The number of amides is 1. The summed E-state index contributed by atoms with van der Waals surface area (Å²) in [6, 6.07) is 3.22. The van der Waals surface area contributed by atoms with Crippen LogP contribution in [0.2, 0.25) is 0 Å². The number of carbonyl (C=O) groups is 1. The van der Waals surface area contributed by atoms with Gasteiger partial charge in [-0.15, -0.1) is 0 Å². The monoisotopic (exact) mass is 349 g/mol. The van der Waals surface area contributed by atoms with Crippen molar-refractivity contribution < 1.29 is 13.6 Å². The number of hydrogen-bond acceptors (Lipinski definition) is 4. The van der Waals surface area contributed by atoms with Crippen molar-refractivity contribution >= 4 is 5.91 Å². The number of nitrogens with one attached hydrogen (secondary N) is 3. The zero-order chi connectivity index (χ0) is 18.1. The molecule has 2 atom stereocenters. The van der Waals surface area contributed by atoms with Crippen molar-refractivity contribution in [1.82, 2.24) is 25.9 Å². The smallest absolute Gasteiger partial charge is 0.225 e. The maximum absolute atomic E-state index is 13.9. The van der Waals surface area contributed by atoms with Gasteiger partial charge in [0.2, 0.25) is 5.91 Å². The summed E-state index contributed by atoms with van der Waals surface area (Å²) in [7, 11) is 1.83. The van der Waals surface area contributed by atoms with Crippen molar-refractivity contribution in [1.29, 1.82) is 0 Å². The highest BCUT2D eigenvalue weighted by Gasteiger charge is 2.30. The summed E-state index contributed by atoms with van der Waals surface area (Å²) in [5.41, 5.74) is 8.34. The molecule has 25 heavy (non-hydrogen) atoms. The summed E-state index contributed by atoms with van der Waals surface area (Å²) in [6.45, 7) is 3.77. The molecule has 0 saturated carbocycles. The molecular weight excluding hydrogens is 328 g/mol. The van der Waals surface area contributed by atoms with Crippen molar-refractivity contribution in [3.8, 4) is 0 Å². The molecule has 1 amide bonds. The van der Waals surface area contributed by atoms with Crippen LogP contribution in [0.5, 0.6) is 0 Å². The Morgan fingerprint density at radius 1 is 1.32 bits per heavy atom. The normalized spacial score (nSPS) is 20.0. The van der Waals surface area contributed by atoms with Crippen molar-refractivity contribution in [3.05, 3.63) is 52.3 Å². The number of nitrogens with zero attached hydrogens (tertiary/aromatic N) is 2. The van der Waals surface area contributed by atoms with Gasteiger partial charge in [-0.3, -0.25) is 9.48 Å². The standard InChI is InChI=1S/C17H21F2N5O/c1-9-11(10(2)24(3)23-9)7-16(25)20-15-8-14(21-22-15)17-12(18)5-4-6-13(17)19/h4-6,14-15,21-22H,7-8H2,1-3H3,(H,20,25). The van der Waals surface area contributed by atoms with Gasteiger partial charge in [-0.05, 0) is 26.0 Å². The van der Waals surface area contributed by atoms with Gasteiger partial charge in [0.25, 0.3) is 0 Å². The average molecular weight is 349 g/mol. The lowest BCUT2D eigenvalue weighted by molar-refractivity contribution is -0.121. The summed E-state index contributed by atoms with van der Waals surface area (Å²) < 4.78 is 29.5. The van der Waals surface area contributed by atoms with Gasteiger partial charge in [-0.1, -0.05) is 6.07 Å². The van der Waals surface area contributed by atoms with E-state index in [9.17, 15) is 13.6 Å². The van der Waals surface area contributed by atoms with E-state index in [0.29, 0.717) is 6.42 Å². The fourth-order valence-corrected chi connectivity index (χ4v) is 3.16. The highest BCUT2D eigenvalue weighted by atomic mass is 19.1. The first-order chi connectivity index (χ1) is 11.9. The van der Waals surface area contributed by atoms with E-state index in [2.05, 4.69) is 21.3 Å². The van der Waals surface area contributed by atoms with E-state index in [4.69, 9.17) is 0 Å². The molecule has 0 aliphatic carbocycles. The first kappa shape index (κ1) is 17.5. The van der Waals surface area contributed by atoms with Gasteiger partial charge in [-0.25, -0.2) is 19.6 Å². The molecule has 1 aliphatic rings. The molecule has 0 spiro atoms. The van der Waals surface area contributed by atoms with E-state index in [1.54, 1.807) is 4.68 Å². The van der Waals surface area contributed by atoms with Crippen molar-refractivity contribution in [2.24, 2.45) is 7.05 Å². The lowest BCUT2D eigenvalue weighted by atomic mass is 10.0. The maximum Gasteiger partial charge on any atom is 0.225 e. The highest BCUT2D eigenvalue weighted by molar-refractivity contribution is 5.79. The fourth-order valence-electron chi connectivity index (χ4n) is 3.16. The molecule has 134 valence electrons. The summed E-state index contributed by atoms with van der Waals surface area (Å²) >= 11 is 0. The van der Waals surface area contributed by atoms with Crippen LogP contribution in [-0.2, 0) is 18.3 Å². The number of aromatic nitrogens is 2. The largest absolute Gasteiger partial charge is 0.339 e. The predicted molar refractivity (Wildman–Crippen MR) is 88.3 cm³/mol. The molecule has 2 aromatic rings. The third-order valence-corrected chi connectivity index (χ3v) is 4.58. The minimum atomic E-state index is -0.604. The third kappa shape index (κ3) is 3.54. The van der Waals surface area contributed by atoms with Gasteiger partial charge in [0, 0.05) is 30.3 Å². The minimum Gasteiger partial charge on any atom is -0.339 e. The number of carbonyl (C=O) groups excluding carboxylic acids is 1. The SMILES string of the molecule is Cc1nn(C)c(C)c1CC(=O)NC1CC(c2c(F)cccc2F)NN1. The maximum atomic E-state index is 13.9. The van der Waals surface area contributed by atoms with Crippen molar-refractivity contribution in [3.63, 3.8) is 0 Å². The number of benzene rings is 1. The van der Waals surface area contributed by atoms with Crippen molar-refractivity contribution in [2.45, 2.75) is 38.9 Å². The molecule has 2 heterocycles. The van der Waals surface area contributed by atoms with Gasteiger partial charge in [0.15, 0.2) is 0 Å². The van der Waals surface area contributed by atoms with E-state index in [0.717, 1.165) is 17.0 Å². The molecular formula is C17H21F2N5O. The lowest BCUT2D eigenvalue weighted by Crippen LogP contribution is -2.44. The van der Waals surface area contributed by atoms with Gasteiger partial charge >= 0.3 is 0 Å². The van der Waals surface area contributed by atoms with E-state index in [1.165, 1.54) is 18.2 Å². The number of hydrogen-bond donors (Lipinski definition) is 3. The third-order valence-electron chi connectivity index (χ3n) is 4.58. The Morgan fingerprint density at radius 2 is 2.00 bits per heavy atom. The highest BCUT2D eigenvalue weighted by Crippen LogP contribution is 2.26. The van der Waals surface area contributed by atoms with Crippen LogP contribution < -0.4 is 16.2 Å². The second-order valence-electron chi connectivity index (χ2n) is 6.28. The van der Waals surface area contributed by atoms with Crippen molar-refractivity contribution in [2.75, 3.05) is 0 Å². The van der Waals surface area contributed by atoms with Gasteiger partial charge in [0.05, 0.1) is 24.3 Å². The van der Waals surface area contributed by atoms with Crippen LogP contribution in [0.4, 0.5) is 8.78 Å². The van der Waals surface area contributed by atoms with Gasteiger partial charge in [0.1, 0.15) is 11.6 Å². The van der Waals surface area contributed by atoms with E-state index < -0.39 is 23.8 Å². The molecule has 1 fully saturated rings. The number of hydrazine groups is 1. The topological polar surface area (TPSA) is 71.0 Å². The Labute approximate surface area is 144 Å². The molecule has 0 bridgehead atoms. The Kier molecular flexibility index (Phi) is 4.82. The summed E-state index contributed by atoms with van der Waals surface area (Å²) in [6.07, 6.45) is 0.144. The Morgan fingerprint density at radius 3 is 2.60 bits per heavy atom. The van der Waals surface area contributed by atoms with Crippen LogP contribution in [0.15, 0.2) is 18.2 Å². The molecule has 8 heteroatoms. The minimum absolute atomic E-state index is 0.0225. The summed E-state index contributed by atoms with van der Waals surface area (Å²) in [5, 5.41) is 7.13. The Hall–Kier alpha value is -2.32. The lowest BCUT2D eigenvalue weighted by Gasteiger charge is -2.13. The number of aryl methyl sites for hydroxylation is 2. The molecule has 3 rings (SSSR count). The Balaban J connectivity index is 1.62. The van der Waals surface area contributed by atoms with Gasteiger partial charge < -0.3 is 5.32 Å². The van der Waals surface area contributed by atoms with E-state index in [1.807, 2.05) is 20.9 Å². The molecule has 1 aromatic heterocycles. The molecule has 2 unspecified atom stereocenters. The number of halogens is 2. The first-order valence-corrected chi connectivity index (χ1v) is 8.10. The Bertz CT molecular complexity index is 784. The van der Waals surface area contributed by atoms with Crippen LogP contribution in [0.1, 0.15) is 35.0 Å². The molecule has 6 nitrogen and oxygen atoms in total. The fraction of sp³-hybridized carbons (Fsp3) is 0.412. The zero-order valence-electron chi connectivity index (χ0n) is 14.4.